The summed E-state index contributed by atoms with van der Waals surface area (Å²) in [5.74, 6) is -3.48. The number of carboxylic acids is 2. The van der Waals surface area contributed by atoms with Crippen molar-refractivity contribution in [3.8, 4) is 0 Å². The van der Waals surface area contributed by atoms with E-state index in [9.17, 15) is 29.4 Å². The first-order valence-electron chi connectivity index (χ1n) is 13.0. The molecule has 4 aromatic rings. The molecule has 2 amide bonds. The van der Waals surface area contributed by atoms with Gasteiger partial charge in [-0.25, -0.2) is 19.6 Å². The molecule has 0 spiro atoms. The van der Waals surface area contributed by atoms with Crippen molar-refractivity contribution in [3.05, 3.63) is 77.1 Å². The Hall–Kier alpha value is -5.86. The van der Waals surface area contributed by atoms with E-state index in [0.29, 0.717) is 17.8 Å². The number of nitrogens with two attached hydrogens (primary N) is 2. The Balaban J connectivity index is 1.30. The zero-order valence-electron chi connectivity index (χ0n) is 23.0. The van der Waals surface area contributed by atoms with Gasteiger partial charge in [0.25, 0.3) is 11.8 Å². The molecule has 15 heteroatoms. The van der Waals surface area contributed by atoms with Crippen molar-refractivity contribution in [3.63, 3.8) is 0 Å². The molecule has 0 aliphatic carbocycles. The number of benzene rings is 2. The van der Waals surface area contributed by atoms with E-state index in [2.05, 4.69) is 30.6 Å². The molecule has 0 fully saturated rings. The van der Waals surface area contributed by atoms with Crippen LogP contribution in [0.2, 0.25) is 0 Å². The molecule has 0 unspecified atom stereocenters. The van der Waals surface area contributed by atoms with Gasteiger partial charge in [0.15, 0.2) is 17.0 Å². The Morgan fingerprint density at radius 3 is 2.30 bits per heavy atom. The maximum Gasteiger partial charge on any atom is 0.336 e. The lowest BCUT2D eigenvalue weighted by Gasteiger charge is -2.19. The molecule has 4 rings (SSSR count). The number of carbonyl (C=O) groups is 4. The lowest BCUT2D eigenvalue weighted by molar-refractivity contribution is -0.139. The molecule has 2 heterocycles. The van der Waals surface area contributed by atoms with Crippen LogP contribution >= 0.6 is 0 Å². The van der Waals surface area contributed by atoms with Gasteiger partial charge in [-0.15, -0.1) is 0 Å². The van der Waals surface area contributed by atoms with Gasteiger partial charge in [-0.2, -0.15) is 9.97 Å². The summed E-state index contributed by atoms with van der Waals surface area (Å²) in [4.78, 5) is 66.7. The van der Waals surface area contributed by atoms with E-state index in [0.717, 1.165) is 5.69 Å². The van der Waals surface area contributed by atoms with Crippen LogP contribution in [0.3, 0.4) is 0 Å². The van der Waals surface area contributed by atoms with Crippen LogP contribution in [0.1, 0.15) is 49.6 Å². The van der Waals surface area contributed by atoms with Crippen LogP contribution < -0.4 is 27.0 Å². The maximum atomic E-state index is 12.8. The van der Waals surface area contributed by atoms with Crippen molar-refractivity contribution >= 4 is 52.4 Å². The third kappa shape index (κ3) is 7.46. The van der Waals surface area contributed by atoms with Gasteiger partial charge in [-0.05, 0) is 49.2 Å². The number of rotatable bonds is 12. The molecule has 0 radical (unpaired) electrons. The summed E-state index contributed by atoms with van der Waals surface area (Å²) in [5, 5.41) is 23.9. The van der Waals surface area contributed by atoms with Crippen LogP contribution in [0.15, 0.2) is 54.7 Å². The van der Waals surface area contributed by atoms with E-state index in [1.807, 2.05) is 11.9 Å². The van der Waals surface area contributed by atoms with E-state index >= 15 is 0 Å². The van der Waals surface area contributed by atoms with Gasteiger partial charge in [0.05, 0.1) is 29.6 Å². The van der Waals surface area contributed by atoms with Crippen molar-refractivity contribution in [2.45, 2.75) is 25.4 Å². The Bertz CT molecular complexity index is 1680. The molecule has 8 N–H and O–H groups in total. The second-order valence-corrected chi connectivity index (χ2v) is 9.52. The minimum Gasteiger partial charge on any atom is -0.480 e. The predicted octanol–water partition coefficient (Wildman–Crippen LogP) is 1.31. The first-order valence-corrected chi connectivity index (χ1v) is 13.0. The standard InChI is InChI=1S/C28H29N9O6/c1-37(14-16-13-32-23-21(33-16)22(29)35-28(30)36-23)17-10-8-15(9-11-17)24(38)34-20(27(42)43)7-4-12-31-25(39)18-5-2-3-6-19(18)26(40)41/h2-3,5-6,8-11,13,20H,4,7,12,14H2,1H3,(H,31,39)(H,34,38)(H,40,41)(H,42,43)(H4,29,30,32,35,36)/t20-/m0/s1. The van der Waals surface area contributed by atoms with Gasteiger partial charge in [-0.3, -0.25) is 9.59 Å². The number of amides is 2. The highest BCUT2D eigenvalue weighted by molar-refractivity contribution is 6.04. The van der Waals surface area contributed by atoms with Crippen LogP contribution in [-0.4, -0.2) is 73.5 Å². The average molecular weight is 588 g/mol. The molecular formula is C28H29N9O6. The van der Waals surface area contributed by atoms with Crippen molar-refractivity contribution in [2.24, 2.45) is 0 Å². The molecule has 2 aromatic carbocycles. The number of carboxylic acid groups (broad SMARTS) is 2. The molecule has 0 saturated carbocycles. The molecule has 222 valence electrons. The van der Waals surface area contributed by atoms with Crippen molar-refractivity contribution in [2.75, 3.05) is 30.0 Å². The van der Waals surface area contributed by atoms with E-state index in [1.54, 1.807) is 36.5 Å². The number of carbonyl (C=O) groups excluding carboxylic acids is 2. The number of aromatic nitrogens is 4. The Morgan fingerprint density at radius 2 is 1.63 bits per heavy atom. The van der Waals surface area contributed by atoms with Gasteiger partial charge < -0.3 is 37.2 Å². The summed E-state index contributed by atoms with van der Waals surface area (Å²) in [5.41, 5.74) is 13.6. The quantitative estimate of drug-likeness (QED) is 0.128. The van der Waals surface area contributed by atoms with Gasteiger partial charge in [0.1, 0.15) is 6.04 Å². The first-order chi connectivity index (χ1) is 20.5. The summed E-state index contributed by atoms with van der Waals surface area (Å²) >= 11 is 0. The molecule has 2 aromatic heterocycles. The second kappa shape index (κ2) is 13.2. The van der Waals surface area contributed by atoms with Crippen LogP contribution in [0, 0.1) is 0 Å². The molecule has 15 nitrogen and oxygen atoms in total. The summed E-state index contributed by atoms with van der Waals surface area (Å²) in [6, 6.07) is 11.1. The SMILES string of the molecule is CN(Cc1cnc2nc(N)nc(N)c2n1)c1ccc(C(=O)N[C@@H](CCCNC(=O)c2ccccc2C(=O)O)C(=O)O)cc1. The fourth-order valence-corrected chi connectivity index (χ4v) is 4.23. The zero-order valence-corrected chi connectivity index (χ0v) is 23.0. The minimum absolute atomic E-state index is 0.00211. The fraction of sp³-hybridized carbons (Fsp3) is 0.214. The highest BCUT2D eigenvalue weighted by Crippen LogP contribution is 2.19. The van der Waals surface area contributed by atoms with E-state index in [-0.39, 0.29) is 53.5 Å². The number of nitrogens with one attached hydrogen (secondary N) is 2. The number of fused-ring (bicyclic) bond motifs is 1. The van der Waals surface area contributed by atoms with E-state index in [1.165, 1.54) is 18.2 Å². The summed E-state index contributed by atoms with van der Waals surface area (Å²) < 4.78 is 0. The molecular weight excluding hydrogens is 558 g/mol. The van der Waals surface area contributed by atoms with Crippen molar-refractivity contribution in [1.29, 1.82) is 0 Å². The summed E-state index contributed by atoms with van der Waals surface area (Å²) in [6.45, 7) is 0.445. The molecule has 43 heavy (non-hydrogen) atoms. The third-order valence-corrected chi connectivity index (χ3v) is 6.43. The Kier molecular flexibility index (Phi) is 9.24. The monoisotopic (exact) mass is 587 g/mol. The zero-order chi connectivity index (χ0) is 31.1. The number of nitrogens with zero attached hydrogens (tertiary/aromatic N) is 5. The van der Waals surface area contributed by atoms with E-state index in [4.69, 9.17) is 11.5 Å². The van der Waals surface area contributed by atoms with Crippen molar-refractivity contribution < 1.29 is 29.4 Å². The number of aromatic carboxylic acids is 1. The highest BCUT2D eigenvalue weighted by atomic mass is 16.4. The summed E-state index contributed by atoms with van der Waals surface area (Å²) in [7, 11) is 1.82. The number of anilines is 3. The molecule has 0 aliphatic heterocycles. The minimum atomic E-state index is -1.23. The third-order valence-electron chi connectivity index (χ3n) is 6.43. The molecule has 0 aliphatic rings. The van der Waals surface area contributed by atoms with Crippen LogP contribution in [0.4, 0.5) is 17.5 Å². The van der Waals surface area contributed by atoms with Crippen LogP contribution in [-0.2, 0) is 11.3 Å². The van der Waals surface area contributed by atoms with Gasteiger partial charge in [-0.1, -0.05) is 12.1 Å². The Morgan fingerprint density at radius 1 is 0.930 bits per heavy atom. The van der Waals surface area contributed by atoms with Crippen molar-refractivity contribution in [1.82, 2.24) is 30.6 Å². The van der Waals surface area contributed by atoms with Gasteiger partial charge >= 0.3 is 11.9 Å². The van der Waals surface area contributed by atoms with Gasteiger partial charge in [0, 0.05) is 24.8 Å². The first kappa shape index (κ1) is 30.1. The molecule has 1 atom stereocenters. The second-order valence-electron chi connectivity index (χ2n) is 9.52. The van der Waals surface area contributed by atoms with Crippen LogP contribution in [0.5, 0.6) is 0 Å². The highest BCUT2D eigenvalue weighted by Gasteiger charge is 2.21. The largest absolute Gasteiger partial charge is 0.480 e. The average Bonchev–Trinajstić information content (AvgIpc) is 2.98. The van der Waals surface area contributed by atoms with Crippen LogP contribution in [0.25, 0.3) is 11.2 Å². The predicted molar refractivity (Wildman–Crippen MR) is 156 cm³/mol. The fourth-order valence-electron chi connectivity index (χ4n) is 4.23. The number of hydrogen-bond acceptors (Lipinski definition) is 11. The Labute approximate surface area is 245 Å². The number of aliphatic carboxylic acids is 1. The molecule has 0 saturated heterocycles. The molecule has 0 bridgehead atoms. The van der Waals surface area contributed by atoms with Gasteiger partial charge in [0.2, 0.25) is 5.95 Å². The smallest absolute Gasteiger partial charge is 0.336 e. The lowest BCUT2D eigenvalue weighted by Crippen LogP contribution is -2.41. The normalized spacial score (nSPS) is 11.5. The number of nitrogen functional groups attached to an aromatic ring is 2. The number of hydrogen-bond donors (Lipinski definition) is 6. The topological polar surface area (TPSA) is 240 Å². The summed E-state index contributed by atoms with van der Waals surface area (Å²) in [6.07, 6.45) is 1.82. The maximum absolute atomic E-state index is 12.8. The van der Waals surface area contributed by atoms with E-state index < -0.39 is 29.8 Å². The lowest BCUT2D eigenvalue weighted by atomic mass is 10.1.